The van der Waals surface area contributed by atoms with E-state index in [4.69, 9.17) is 4.74 Å². The number of hydrogen-bond acceptors (Lipinski definition) is 2. The summed E-state index contributed by atoms with van der Waals surface area (Å²) in [5, 5.41) is 0. The van der Waals surface area contributed by atoms with Crippen LogP contribution in [0.4, 0.5) is 17.6 Å². The predicted octanol–water partition coefficient (Wildman–Crippen LogP) is 6.66. The smallest absolute Gasteiger partial charge is 0.376 e. The maximum atomic E-state index is 13.1. The van der Waals surface area contributed by atoms with Gasteiger partial charge in [0.05, 0.1) is 18.8 Å². The number of halogens is 4. The van der Waals surface area contributed by atoms with Gasteiger partial charge in [-0.25, -0.2) is 4.39 Å². The second-order valence-electron chi connectivity index (χ2n) is 8.57. The summed E-state index contributed by atoms with van der Waals surface area (Å²) >= 11 is 0. The van der Waals surface area contributed by atoms with Crippen molar-refractivity contribution in [2.75, 3.05) is 26.2 Å². The van der Waals surface area contributed by atoms with E-state index in [-0.39, 0.29) is 18.0 Å². The van der Waals surface area contributed by atoms with Crippen LogP contribution in [0.2, 0.25) is 0 Å². The van der Waals surface area contributed by atoms with Crippen LogP contribution < -0.4 is 0 Å². The summed E-state index contributed by atoms with van der Waals surface area (Å²) in [6, 6.07) is 12.3. The first kappa shape index (κ1) is 23.7. The van der Waals surface area contributed by atoms with E-state index >= 15 is 0 Å². The molecule has 1 aliphatic heterocycles. The van der Waals surface area contributed by atoms with Crippen LogP contribution in [0.3, 0.4) is 0 Å². The molecule has 2 nitrogen and oxygen atoms in total. The van der Waals surface area contributed by atoms with Crippen molar-refractivity contribution in [3.63, 3.8) is 0 Å². The molecule has 1 saturated heterocycles. The topological polar surface area (TPSA) is 12.5 Å². The SMILES string of the molecule is CC(CCCN1CCCC(COCc2ccccc2C(F)(F)F)C1)c1ccc(F)cc1. The summed E-state index contributed by atoms with van der Waals surface area (Å²) in [6.45, 7) is 5.61. The lowest BCUT2D eigenvalue weighted by atomic mass is 9.95. The van der Waals surface area contributed by atoms with Gasteiger partial charge >= 0.3 is 6.18 Å². The van der Waals surface area contributed by atoms with Gasteiger partial charge in [-0.2, -0.15) is 13.2 Å². The summed E-state index contributed by atoms with van der Waals surface area (Å²) in [5.41, 5.74) is 0.735. The number of likely N-dealkylation sites (tertiary alicyclic amines) is 1. The number of nitrogens with zero attached hydrogens (tertiary/aromatic N) is 1. The number of alkyl halides is 3. The van der Waals surface area contributed by atoms with Crippen LogP contribution in [0.25, 0.3) is 0 Å². The Bertz CT molecular complexity index is 806. The summed E-state index contributed by atoms with van der Waals surface area (Å²) in [5.74, 6) is 0.527. The largest absolute Gasteiger partial charge is 0.416 e. The van der Waals surface area contributed by atoms with Crippen molar-refractivity contribution in [3.8, 4) is 0 Å². The molecule has 0 bridgehead atoms. The molecule has 0 amide bonds. The zero-order valence-corrected chi connectivity index (χ0v) is 18.0. The van der Waals surface area contributed by atoms with E-state index in [0.717, 1.165) is 56.9 Å². The van der Waals surface area contributed by atoms with Gasteiger partial charge in [0.15, 0.2) is 0 Å². The van der Waals surface area contributed by atoms with Gasteiger partial charge in [-0.05, 0) is 79.9 Å². The Morgan fingerprint density at radius 2 is 1.84 bits per heavy atom. The third-order valence-electron chi connectivity index (χ3n) is 6.09. The van der Waals surface area contributed by atoms with Crippen LogP contribution in [0.1, 0.15) is 55.2 Å². The second kappa shape index (κ2) is 11.1. The third kappa shape index (κ3) is 7.32. The normalized spacial score (nSPS) is 18.8. The van der Waals surface area contributed by atoms with Gasteiger partial charge in [-0.3, -0.25) is 0 Å². The minimum atomic E-state index is -4.35. The second-order valence-corrected chi connectivity index (χ2v) is 8.57. The number of benzene rings is 2. The van der Waals surface area contributed by atoms with Gasteiger partial charge in [-0.1, -0.05) is 37.3 Å². The van der Waals surface area contributed by atoms with Crippen LogP contribution in [-0.2, 0) is 17.5 Å². The maximum Gasteiger partial charge on any atom is 0.416 e. The summed E-state index contributed by atoms with van der Waals surface area (Å²) in [4.78, 5) is 2.43. The van der Waals surface area contributed by atoms with Crippen molar-refractivity contribution in [1.82, 2.24) is 4.90 Å². The quantitative estimate of drug-likeness (QED) is 0.407. The number of ether oxygens (including phenoxy) is 1. The number of piperidine rings is 1. The summed E-state index contributed by atoms with van der Waals surface area (Å²) in [7, 11) is 0. The average Bonchev–Trinajstić information content (AvgIpc) is 2.74. The lowest BCUT2D eigenvalue weighted by molar-refractivity contribution is -0.139. The van der Waals surface area contributed by atoms with Crippen LogP contribution in [0.15, 0.2) is 48.5 Å². The predicted molar refractivity (Wildman–Crippen MR) is 114 cm³/mol. The van der Waals surface area contributed by atoms with Gasteiger partial charge < -0.3 is 9.64 Å². The fourth-order valence-corrected chi connectivity index (χ4v) is 4.33. The molecule has 1 fully saturated rings. The molecule has 0 saturated carbocycles. The minimum absolute atomic E-state index is 0.0125. The monoisotopic (exact) mass is 437 g/mol. The van der Waals surface area contributed by atoms with E-state index in [0.29, 0.717) is 18.4 Å². The van der Waals surface area contributed by atoms with E-state index in [1.54, 1.807) is 6.07 Å². The molecule has 6 heteroatoms. The number of hydrogen-bond donors (Lipinski definition) is 0. The van der Waals surface area contributed by atoms with E-state index in [1.165, 1.54) is 24.3 Å². The van der Waals surface area contributed by atoms with Crippen LogP contribution >= 0.6 is 0 Å². The zero-order valence-electron chi connectivity index (χ0n) is 18.0. The summed E-state index contributed by atoms with van der Waals surface area (Å²) in [6.07, 6.45) is -0.126. The first-order valence-corrected chi connectivity index (χ1v) is 11.0. The highest BCUT2D eigenvalue weighted by molar-refractivity contribution is 5.29. The molecule has 170 valence electrons. The van der Waals surface area contributed by atoms with Crippen molar-refractivity contribution in [3.05, 3.63) is 71.0 Å². The number of rotatable bonds is 9. The van der Waals surface area contributed by atoms with Crippen molar-refractivity contribution in [2.45, 2.75) is 51.3 Å². The Hall–Kier alpha value is -1.92. The van der Waals surface area contributed by atoms with Gasteiger partial charge in [0.1, 0.15) is 5.82 Å². The standard InChI is InChI=1S/C25H31F4NO/c1-19(21-10-12-23(26)13-11-21)6-4-14-30-15-5-7-20(16-30)17-31-18-22-8-2-3-9-24(22)25(27,28)29/h2-3,8-13,19-20H,4-7,14-18H2,1H3. The zero-order chi connectivity index (χ0) is 22.3. The molecule has 0 aliphatic carbocycles. The van der Waals surface area contributed by atoms with Crippen molar-refractivity contribution < 1.29 is 22.3 Å². The van der Waals surface area contributed by atoms with Crippen LogP contribution in [0.5, 0.6) is 0 Å². The molecular formula is C25H31F4NO. The van der Waals surface area contributed by atoms with Gasteiger partial charge in [0.2, 0.25) is 0 Å². The molecule has 31 heavy (non-hydrogen) atoms. The van der Waals surface area contributed by atoms with Gasteiger partial charge in [0, 0.05) is 6.54 Å². The van der Waals surface area contributed by atoms with Gasteiger partial charge in [-0.15, -0.1) is 0 Å². The van der Waals surface area contributed by atoms with Crippen LogP contribution in [-0.4, -0.2) is 31.1 Å². The minimum Gasteiger partial charge on any atom is -0.376 e. The van der Waals surface area contributed by atoms with Gasteiger partial charge in [0.25, 0.3) is 0 Å². The molecule has 0 spiro atoms. The van der Waals surface area contributed by atoms with Crippen molar-refractivity contribution >= 4 is 0 Å². The lowest BCUT2D eigenvalue weighted by Crippen LogP contribution is -2.37. The Morgan fingerprint density at radius 1 is 1.10 bits per heavy atom. The molecular weight excluding hydrogens is 406 g/mol. The molecule has 1 heterocycles. The highest BCUT2D eigenvalue weighted by atomic mass is 19.4. The first-order valence-electron chi connectivity index (χ1n) is 11.0. The van der Waals surface area contributed by atoms with E-state index in [9.17, 15) is 17.6 Å². The maximum absolute atomic E-state index is 13.1. The molecule has 2 aromatic rings. The highest BCUT2D eigenvalue weighted by Gasteiger charge is 2.33. The molecule has 0 N–H and O–H groups in total. The molecule has 1 aliphatic rings. The Balaban J connectivity index is 1.39. The van der Waals surface area contributed by atoms with Crippen molar-refractivity contribution in [2.24, 2.45) is 5.92 Å². The van der Waals surface area contributed by atoms with E-state index < -0.39 is 11.7 Å². The molecule has 0 radical (unpaired) electrons. The molecule has 2 atom stereocenters. The molecule has 0 aromatic heterocycles. The van der Waals surface area contributed by atoms with Crippen LogP contribution in [0, 0.1) is 11.7 Å². The fraction of sp³-hybridized carbons (Fsp3) is 0.520. The molecule has 2 aromatic carbocycles. The van der Waals surface area contributed by atoms with E-state index in [2.05, 4.69) is 11.8 Å². The molecule has 3 rings (SSSR count). The Morgan fingerprint density at radius 3 is 2.58 bits per heavy atom. The highest BCUT2D eigenvalue weighted by Crippen LogP contribution is 2.32. The Kier molecular flexibility index (Phi) is 8.50. The van der Waals surface area contributed by atoms with E-state index in [1.807, 2.05) is 12.1 Å². The Labute approximate surface area is 182 Å². The fourth-order valence-electron chi connectivity index (χ4n) is 4.33. The summed E-state index contributed by atoms with van der Waals surface area (Å²) < 4.78 is 58.1. The lowest BCUT2D eigenvalue weighted by Gasteiger charge is -2.33. The van der Waals surface area contributed by atoms with Crippen molar-refractivity contribution in [1.29, 1.82) is 0 Å². The average molecular weight is 438 g/mol. The first-order chi connectivity index (χ1) is 14.8. The third-order valence-corrected chi connectivity index (χ3v) is 6.09. The molecule has 2 unspecified atom stereocenters.